The molecular formula is C16H21N3O5S. The molecular weight excluding hydrogens is 346 g/mol. The van der Waals surface area contributed by atoms with Crippen molar-refractivity contribution in [3.05, 3.63) is 40.3 Å². The number of aromatic nitrogens is 2. The van der Waals surface area contributed by atoms with E-state index in [1.807, 2.05) is 0 Å². The van der Waals surface area contributed by atoms with Crippen molar-refractivity contribution in [1.29, 1.82) is 0 Å². The maximum atomic E-state index is 12.7. The molecule has 1 heterocycles. The third-order valence-corrected chi connectivity index (χ3v) is 5.85. The molecule has 136 valence electrons. The Morgan fingerprint density at radius 1 is 1.28 bits per heavy atom. The van der Waals surface area contributed by atoms with Crippen LogP contribution in [-0.2, 0) is 10.0 Å². The van der Waals surface area contributed by atoms with Crippen LogP contribution in [0.15, 0.2) is 34.1 Å². The lowest BCUT2D eigenvalue weighted by molar-refractivity contribution is 0.409. The van der Waals surface area contributed by atoms with Gasteiger partial charge in [0, 0.05) is 13.1 Å². The highest BCUT2D eigenvalue weighted by atomic mass is 32.2. The van der Waals surface area contributed by atoms with Crippen molar-refractivity contribution in [1.82, 2.24) is 14.1 Å². The van der Waals surface area contributed by atoms with Crippen LogP contribution in [0.3, 0.4) is 0 Å². The molecule has 2 rings (SSSR count). The Kier molecular flexibility index (Phi) is 5.48. The number of hydrogen-bond donors (Lipinski definition) is 1. The lowest BCUT2D eigenvalue weighted by Gasteiger charge is -2.20. The van der Waals surface area contributed by atoms with Gasteiger partial charge in [0.2, 0.25) is 15.5 Å². The molecule has 0 unspecified atom stereocenters. The van der Waals surface area contributed by atoms with Gasteiger partial charge < -0.3 is 9.84 Å². The Morgan fingerprint density at radius 2 is 1.92 bits per heavy atom. The van der Waals surface area contributed by atoms with E-state index in [9.17, 15) is 18.3 Å². The summed E-state index contributed by atoms with van der Waals surface area (Å²) < 4.78 is 33.3. The second kappa shape index (κ2) is 7.24. The second-order valence-corrected chi connectivity index (χ2v) is 7.23. The van der Waals surface area contributed by atoms with Crippen molar-refractivity contribution in [3.8, 4) is 17.2 Å². The normalized spacial score (nSPS) is 11.7. The van der Waals surface area contributed by atoms with E-state index in [4.69, 9.17) is 4.74 Å². The topological polar surface area (TPSA) is 102 Å². The molecule has 1 aromatic heterocycles. The largest absolute Gasteiger partial charge is 0.503 e. The van der Waals surface area contributed by atoms with Gasteiger partial charge >= 0.3 is 0 Å². The Bertz CT molecular complexity index is 907. The van der Waals surface area contributed by atoms with Crippen LogP contribution in [0.25, 0.3) is 5.69 Å². The van der Waals surface area contributed by atoms with Crippen LogP contribution >= 0.6 is 0 Å². The molecule has 8 nitrogen and oxygen atoms in total. The van der Waals surface area contributed by atoms with Crippen LogP contribution in [0.4, 0.5) is 0 Å². The van der Waals surface area contributed by atoms with Gasteiger partial charge in [0.05, 0.1) is 18.2 Å². The van der Waals surface area contributed by atoms with Crippen LogP contribution < -0.4 is 10.2 Å². The maximum Gasteiger partial charge on any atom is 0.244 e. The molecule has 0 amide bonds. The summed E-state index contributed by atoms with van der Waals surface area (Å²) >= 11 is 0. The fraction of sp³-hybridized carbons (Fsp3) is 0.375. The molecule has 0 fully saturated rings. The second-order valence-electron chi connectivity index (χ2n) is 5.30. The summed E-state index contributed by atoms with van der Waals surface area (Å²) in [5, 5.41) is 13.8. The van der Waals surface area contributed by atoms with Crippen LogP contribution in [0.1, 0.15) is 19.5 Å². The van der Waals surface area contributed by atoms with E-state index < -0.39 is 21.2 Å². The summed E-state index contributed by atoms with van der Waals surface area (Å²) in [6.07, 6.45) is 1.13. The Morgan fingerprint density at radius 3 is 2.44 bits per heavy atom. The minimum absolute atomic E-state index is 0.0737. The highest BCUT2D eigenvalue weighted by molar-refractivity contribution is 7.89. The smallest absolute Gasteiger partial charge is 0.244 e. The zero-order valence-corrected chi connectivity index (χ0v) is 15.4. The molecule has 9 heteroatoms. The first kappa shape index (κ1) is 18.9. The zero-order valence-electron chi connectivity index (χ0n) is 14.6. The van der Waals surface area contributed by atoms with Crippen LogP contribution in [0.2, 0.25) is 0 Å². The van der Waals surface area contributed by atoms with Gasteiger partial charge in [0.15, 0.2) is 5.75 Å². The van der Waals surface area contributed by atoms with Crippen molar-refractivity contribution in [3.63, 3.8) is 0 Å². The molecule has 0 saturated heterocycles. The van der Waals surface area contributed by atoms with Crippen molar-refractivity contribution < 1.29 is 18.3 Å². The third kappa shape index (κ3) is 3.52. The Hall–Kier alpha value is -2.39. The van der Waals surface area contributed by atoms with Crippen molar-refractivity contribution in [2.45, 2.75) is 25.7 Å². The van der Waals surface area contributed by atoms with Gasteiger partial charge in [0.1, 0.15) is 17.1 Å². The van der Waals surface area contributed by atoms with E-state index in [1.165, 1.54) is 41.2 Å². The molecule has 0 aliphatic rings. The van der Waals surface area contributed by atoms with E-state index >= 15 is 0 Å². The summed E-state index contributed by atoms with van der Waals surface area (Å²) in [6, 6.07) is 4.37. The fourth-order valence-corrected chi connectivity index (χ4v) is 3.92. The molecule has 0 aliphatic heterocycles. The molecule has 2 aromatic rings. The summed E-state index contributed by atoms with van der Waals surface area (Å²) in [4.78, 5) is 11.7. The molecule has 1 aromatic carbocycles. The number of hydrogen-bond acceptors (Lipinski definition) is 6. The lowest BCUT2D eigenvalue weighted by atomic mass is 10.3. The van der Waals surface area contributed by atoms with Gasteiger partial charge in [-0.25, -0.2) is 13.1 Å². The first-order chi connectivity index (χ1) is 11.8. The van der Waals surface area contributed by atoms with E-state index in [0.29, 0.717) is 24.5 Å². The molecule has 0 aliphatic carbocycles. The molecule has 0 bridgehead atoms. The Balaban J connectivity index is 2.69. The number of benzene rings is 1. The lowest BCUT2D eigenvalue weighted by Crippen LogP contribution is -2.30. The van der Waals surface area contributed by atoms with Gasteiger partial charge in [-0.15, -0.1) is 0 Å². The van der Waals surface area contributed by atoms with Gasteiger partial charge in [-0.3, -0.25) is 4.79 Å². The minimum atomic E-state index is -3.67. The number of rotatable bonds is 6. The van der Waals surface area contributed by atoms with Crippen LogP contribution in [-0.4, -0.2) is 47.8 Å². The quantitative estimate of drug-likeness (QED) is 0.825. The van der Waals surface area contributed by atoms with Gasteiger partial charge in [-0.2, -0.15) is 9.40 Å². The summed E-state index contributed by atoms with van der Waals surface area (Å²) in [5.41, 5.74) is -0.199. The first-order valence-electron chi connectivity index (χ1n) is 7.74. The van der Waals surface area contributed by atoms with Gasteiger partial charge in [-0.1, -0.05) is 13.8 Å². The SMILES string of the molecule is CCN(CC)S(=O)(=O)c1ccc(OC)c(-n2cc(O)c(=O)c(C)n2)c1. The molecule has 0 atom stereocenters. The Labute approximate surface area is 146 Å². The maximum absolute atomic E-state index is 12.7. The summed E-state index contributed by atoms with van der Waals surface area (Å²) in [5.74, 6) is -0.125. The first-order valence-corrected chi connectivity index (χ1v) is 9.18. The molecule has 25 heavy (non-hydrogen) atoms. The predicted octanol–water partition coefficient (Wildman–Crippen LogP) is 1.29. The molecule has 0 saturated carbocycles. The highest BCUT2D eigenvalue weighted by Gasteiger charge is 2.23. The molecule has 1 N–H and O–H groups in total. The standard InChI is InChI=1S/C16H21N3O5S/c1-5-18(6-2)25(22,23)12-7-8-15(24-4)13(9-12)19-10-14(20)16(21)11(3)17-19/h7-10,20H,5-6H2,1-4H3. The fourth-order valence-electron chi connectivity index (χ4n) is 2.44. The van der Waals surface area contributed by atoms with E-state index in [2.05, 4.69) is 5.10 Å². The van der Waals surface area contributed by atoms with Crippen molar-refractivity contribution in [2.75, 3.05) is 20.2 Å². The summed E-state index contributed by atoms with van der Waals surface area (Å²) in [7, 11) is -2.24. The average molecular weight is 367 g/mol. The average Bonchev–Trinajstić information content (AvgIpc) is 2.59. The van der Waals surface area contributed by atoms with E-state index in [1.54, 1.807) is 13.8 Å². The van der Waals surface area contributed by atoms with Crippen LogP contribution in [0, 0.1) is 6.92 Å². The zero-order chi connectivity index (χ0) is 18.8. The molecule has 0 radical (unpaired) electrons. The highest BCUT2D eigenvalue weighted by Crippen LogP contribution is 2.27. The number of aryl methyl sites for hydroxylation is 1. The number of methoxy groups -OCH3 is 1. The van der Waals surface area contributed by atoms with Crippen molar-refractivity contribution >= 4 is 10.0 Å². The van der Waals surface area contributed by atoms with Crippen molar-refractivity contribution in [2.24, 2.45) is 0 Å². The van der Waals surface area contributed by atoms with E-state index in [0.717, 1.165) is 6.20 Å². The number of sulfonamides is 1. The predicted molar refractivity (Wildman–Crippen MR) is 92.9 cm³/mol. The summed E-state index contributed by atoms with van der Waals surface area (Å²) in [6.45, 7) is 5.67. The number of ether oxygens (including phenoxy) is 1. The third-order valence-electron chi connectivity index (χ3n) is 3.80. The number of aromatic hydroxyl groups is 1. The molecule has 0 spiro atoms. The van der Waals surface area contributed by atoms with Crippen LogP contribution in [0.5, 0.6) is 11.5 Å². The van der Waals surface area contributed by atoms with E-state index in [-0.39, 0.29) is 10.6 Å². The monoisotopic (exact) mass is 367 g/mol. The minimum Gasteiger partial charge on any atom is -0.503 e. The number of nitrogens with zero attached hydrogens (tertiary/aromatic N) is 3. The van der Waals surface area contributed by atoms with Gasteiger partial charge in [-0.05, 0) is 25.1 Å². The van der Waals surface area contributed by atoms with Gasteiger partial charge in [0.25, 0.3) is 0 Å².